The monoisotopic (exact) mass is 193 g/mol. The van der Waals surface area contributed by atoms with Gasteiger partial charge in [0.05, 0.1) is 12.2 Å². The number of piperidine rings is 1. The Morgan fingerprint density at radius 1 is 1.50 bits per heavy atom. The summed E-state index contributed by atoms with van der Waals surface area (Å²) in [5, 5.41) is 7.78. The predicted octanol–water partition coefficient (Wildman–Crippen LogP) is 1.75. The minimum atomic E-state index is 0.547. The Labute approximate surface area is 85.5 Å². The number of nitrogens with zero attached hydrogens (tertiary/aromatic N) is 2. The molecule has 0 spiro atoms. The molecule has 2 rings (SSSR count). The van der Waals surface area contributed by atoms with Crippen molar-refractivity contribution in [3.63, 3.8) is 0 Å². The average Bonchev–Trinajstić information content (AvgIpc) is 2.65. The highest BCUT2D eigenvalue weighted by molar-refractivity contribution is 5.00. The Morgan fingerprint density at radius 2 is 2.21 bits per heavy atom. The van der Waals surface area contributed by atoms with Gasteiger partial charge in [-0.25, -0.2) is 0 Å². The molecule has 2 heterocycles. The van der Waals surface area contributed by atoms with Gasteiger partial charge in [0, 0.05) is 6.20 Å². The second-order valence-electron chi connectivity index (χ2n) is 4.33. The van der Waals surface area contributed by atoms with Crippen LogP contribution in [0.5, 0.6) is 0 Å². The molecule has 78 valence electrons. The number of hydrogen-bond donors (Lipinski definition) is 1. The summed E-state index contributed by atoms with van der Waals surface area (Å²) >= 11 is 0. The van der Waals surface area contributed by atoms with E-state index >= 15 is 0 Å². The summed E-state index contributed by atoms with van der Waals surface area (Å²) in [6.07, 6.45) is 6.64. The van der Waals surface area contributed by atoms with Gasteiger partial charge in [-0.3, -0.25) is 4.68 Å². The van der Waals surface area contributed by atoms with Crippen LogP contribution in [0.3, 0.4) is 0 Å². The fourth-order valence-corrected chi connectivity index (χ4v) is 2.20. The van der Waals surface area contributed by atoms with Crippen LogP contribution < -0.4 is 5.32 Å². The van der Waals surface area contributed by atoms with Crippen LogP contribution in [0.1, 0.15) is 31.4 Å². The van der Waals surface area contributed by atoms with Crippen molar-refractivity contribution in [3.05, 3.63) is 18.0 Å². The first-order valence-corrected chi connectivity index (χ1v) is 5.49. The molecule has 0 amide bonds. The Kier molecular flexibility index (Phi) is 2.87. The highest BCUT2D eigenvalue weighted by atomic mass is 15.3. The van der Waals surface area contributed by atoms with Gasteiger partial charge in [-0.1, -0.05) is 0 Å². The summed E-state index contributed by atoms with van der Waals surface area (Å²) in [7, 11) is 0. The van der Waals surface area contributed by atoms with Crippen molar-refractivity contribution in [2.75, 3.05) is 13.1 Å². The van der Waals surface area contributed by atoms with E-state index in [-0.39, 0.29) is 0 Å². The SMILES string of the molecule is Cc1cnn(C(C)C2CCNCC2)c1. The zero-order valence-electron chi connectivity index (χ0n) is 9.03. The molecule has 1 N–H and O–H groups in total. The lowest BCUT2D eigenvalue weighted by atomic mass is 9.91. The molecule has 1 atom stereocenters. The third kappa shape index (κ3) is 1.98. The van der Waals surface area contributed by atoms with Crippen LogP contribution in [0.25, 0.3) is 0 Å². The van der Waals surface area contributed by atoms with Crippen molar-refractivity contribution in [2.45, 2.75) is 32.7 Å². The summed E-state index contributed by atoms with van der Waals surface area (Å²) in [6.45, 7) is 6.70. The molecule has 1 fully saturated rings. The molecule has 1 aromatic heterocycles. The van der Waals surface area contributed by atoms with Crippen molar-refractivity contribution in [2.24, 2.45) is 5.92 Å². The molecule has 1 saturated heterocycles. The maximum atomic E-state index is 4.39. The van der Waals surface area contributed by atoms with Gasteiger partial charge >= 0.3 is 0 Å². The van der Waals surface area contributed by atoms with Gasteiger partial charge in [0.2, 0.25) is 0 Å². The maximum absolute atomic E-state index is 4.39. The first-order chi connectivity index (χ1) is 6.77. The molecule has 1 aliphatic heterocycles. The van der Waals surface area contributed by atoms with Crippen LogP contribution in [0.4, 0.5) is 0 Å². The molecule has 0 radical (unpaired) electrons. The Hall–Kier alpha value is -0.830. The molecular weight excluding hydrogens is 174 g/mol. The molecular formula is C11H19N3. The topological polar surface area (TPSA) is 29.9 Å². The van der Waals surface area contributed by atoms with E-state index in [1.807, 2.05) is 6.20 Å². The van der Waals surface area contributed by atoms with E-state index < -0.39 is 0 Å². The predicted molar refractivity (Wildman–Crippen MR) is 57.3 cm³/mol. The fraction of sp³-hybridized carbons (Fsp3) is 0.727. The number of rotatable bonds is 2. The normalized spacial score (nSPS) is 21.0. The molecule has 1 aliphatic rings. The molecule has 0 aromatic carbocycles. The van der Waals surface area contributed by atoms with E-state index in [4.69, 9.17) is 0 Å². The molecule has 3 nitrogen and oxygen atoms in total. The summed E-state index contributed by atoms with van der Waals surface area (Å²) in [4.78, 5) is 0. The van der Waals surface area contributed by atoms with Crippen LogP contribution in [-0.2, 0) is 0 Å². The van der Waals surface area contributed by atoms with E-state index in [0.717, 1.165) is 19.0 Å². The van der Waals surface area contributed by atoms with E-state index in [0.29, 0.717) is 6.04 Å². The number of aromatic nitrogens is 2. The van der Waals surface area contributed by atoms with Crippen LogP contribution in [0.2, 0.25) is 0 Å². The fourth-order valence-electron chi connectivity index (χ4n) is 2.20. The van der Waals surface area contributed by atoms with Crippen molar-refractivity contribution < 1.29 is 0 Å². The standard InChI is InChI=1S/C11H19N3/c1-9-7-13-14(8-9)10(2)11-3-5-12-6-4-11/h7-8,10-12H,3-6H2,1-2H3. The van der Waals surface area contributed by atoms with Gasteiger partial charge in [0.25, 0.3) is 0 Å². The van der Waals surface area contributed by atoms with Crippen molar-refractivity contribution in [1.82, 2.24) is 15.1 Å². The Morgan fingerprint density at radius 3 is 2.79 bits per heavy atom. The quantitative estimate of drug-likeness (QED) is 0.775. The van der Waals surface area contributed by atoms with Crippen molar-refractivity contribution in [1.29, 1.82) is 0 Å². The van der Waals surface area contributed by atoms with Crippen LogP contribution in [0.15, 0.2) is 12.4 Å². The average molecular weight is 193 g/mol. The maximum Gasteiger partial charge on any atom is 0.0520 e. The van der Waals surface area contributed by atoms with Crippen LogP contribution in [-0.4, -0.2) is 22.9 Å². The molecule has 1 unspecified atom stereocenters. The molecule has 0 bridgehead atoms. The highest BCUT2D eigenvalue weighted by Crippen LogP contribution is 2.25. The van der Waals surface area contributed by atoms with E-state index in [2.05, 4.69) is 35.1 Å². The van der Waals surface area contributed by atoms with Crippen LogP contribution >= 0.6 is 0 Å². The lowest BCUT2D eigenvalue weighted by Crippen LogP contribution is -2.31. The summed E-state index contributed by atoms with van der Waals surface area (Å²) < 4.78 is 2.12. The first kappa shape index (κ1) is 9.71. The lowest BCUT2D eigenvalue weighted by molar-refractivity contribution is 0.261. The second-order valence-corrected chi connectivity index (χ2v) is 4.33. The molecule has 3 heteroatoms. The second kappa shape index (κ2) is 4.13. The highest BCUT2D eigenvalue weighted by Gasteiger charge is 2.21. The van der Waals surface area contributed by atoms with E-state index in [9.17, 15) is 0 Å². The summed E-state index contributed by atoms with van der Waals surface area (Å²) in [5.74, 6) is 0.788. The Balaban J connectivity index is 2.03. The largest absolute Gasteiger partial charge is 0.317 e. The van der Waals surface area contributed by atoms with Gasteiger partial charge in [0.1, 0.15) is 0 Å². The van der Waals surface area contributed by atoms with E-state index in [1.54, 1.807) is 0 Å². The van der Waals surface area contributed by atoms with Gasteiger partial charge in [-0.15, -0.1) is 0 Å². The summed E-state index contributed by atoms with van der Waals surface area (Å²) in [5.41, 5.74) is 1.26. The third-order valence-corrected chi connectivity index (χ3v) is 3.21. The molecule has 0 aliphatic carbocycles. The van der Waals surface area contributed by atoms with Gasteiger partial charge in [-0.2, -0.15) is 5.10 Å². The third-order valence-electron chi connectivity index (χ3n) is 3.21. The first-order valence-electron chi connectivity index (χ1n) is 5.49. The van der Waals surface area contributed by atoms with Gasteiger partial charge in [-0.05, 0) is 51.3 Å². The van der Waals surface area contributed by atoms with Crippen molar-refractivity contribution >= 4 is 0 Å². The number of nitrogens with one attached hydrogen (secondary N) is 1. The van der Waals surface area contributed by atoms with Gasteiger partial charge in [0.15, 0.2) is 0 Å². The summed E-state index contributed by atoms with van der Waals surface area (Å²) in [6, 6.07) is 0.547. The minimum absolute atomic E-state index is 0.547. The van der Waals surface area contributed by atoms with Crippen LogP contribution in [0, 0.1) is 12.8 Å². The number of hydrogen-bond acceptors (Lipinski definition) is 2. The zero-order chi connectivity index (χ0) is 9.97. The Bertz CT molecular complexity index is 286. The number of aryl methyl sites for hydroxylation is 1. The lowest BCUT2D eigenvalue weighted by Gasteiger charge is -2.28. The van der Waals surface area contributed by atoms with Crippen molar-refractivity contribution in [3.8, 4) is 0 Å². The molecule has 14 heavy (non-hydrogen) atoms. The van der Waals surface area contributed by atoms with E-state index in [1.165, 1.54) is 18.4 Å². The van der Waals surface area contributed by atoms with Gasteiger partial charge < -0.3 is 5.32 Å². The smallest absolute Gasteiger partial charge is 0.0520 e. The zero-order valence-corrected chi connectivity index (χ0v) is 9.03. The minimum Gasteiger partial charge on any atom is -0.317 e. The molecule has 1 aromatic rings. The molecule has 0 saturated carbocycles.